The highest BCUT2D eigenvalue weighted by atomic mass is 16.4. The molecule has 0 aliphatic rings. The number of carbonyl (C=O) groups is 2. The Morgan fingerprint density at radius 3 is 1.86 bits per heavy atom. The second-order valence-electron chi connectivity index (χ2n) is 8.62. The Balaban J connectivity index is 1.49. The molecule has 4 aromatic carbocycles. The predicted molar refractivity (Wildman–Crippen MR) is 139 cm³/mol. The highest BCUT2D eigenvalue weighted by molar-refractivity contribution is 5.88. The molecular weight excluding hydrogens is 434 g/mol. The van der Waals surface area contributed by atoms with Gasteiger partial charge in [-0.25, -0.2) is 4.79 Å². The Hall–Kier alpha value is -4.18. The van der Waals surface area contributed by atoms with E-state index in [1.54, 1.807) is 12.1 Å². The van der Waals surface area contributed by atoms with E-state index >= 15 is 0 Å². The van der Waals surface area contributed by atoms with Crippen molar-refractivity contribution in [2.45, 2.75) is 25.8 Å². The molecule has 0 atom stereocenters. The molecule has 0 radical (unpaired) electrons. The first-order chi connectivity index (χ1) is 17.1. The molecule has 0 saturated carbocycles. The standard InChI is InChI=1S/C31H29NO3/c33-30(19-14-24-8-3-1-4-9-24)32(21-20-25-10-5-2-6-11-25)23-26-12-7-13-29(22-26)27-15-17-28(18-16-27)31(34)35/h1-13,15-18,22H,14,19-21,23H2,(H,34,35). The van der Waals surface area contributed by atoms with Crippen molar-refractivity contribution in [2.24, 2.45) is 0 Å². The van der Waals surface area contributed by atoms with Gasteiger partial charge in [0.15, 0.2) is 0 Å². The minimum absolute atomic E-state index is 0.140. The largest absolute Gasteiger partial charge is 0.478 e. The predicted octanol–water partition coefficient (Wildman–Crippen LogP) is 6.26. The number of hydrogen-bond acceptors (Lipinski definition) is 2. The zero-order valence-corrected chi connectivity index (χ0v) is 19.6. The van der Waals surface area contributed by atoms with Gasteiger partial charge in [0.25, 0.3) is 0 Å². The van der Waals surface area contributed by atoms with Crippen molar-refractivity contribution in [3.63, 3.8) is 0 Å². The fraction of sp³-hybridized carbons (Fsp3) is 0.161. The number of aryl methyl sites for hydroxylation is 1. The van der Waals surface area contributed by atoms with E-state index < -0.39 is 5.97 Å². The molecule has 0 fully saturated rings. The van der Waals surface area contributed by atoms with Crippen LogP contribution in [-0.4, -0.2) is 28.4 Å². The lowest BCUT2D eigenvalue weighted by Crippen LogP contribution is -2.32. The topological polar surface area (TPSA) is 57.6 Å². The average molecular weight is 464 g/mol. The number of nitrogens with zero attached hydrogens (tertiary/aromatic N) is 1. The van der Waals surface area contributed by atoms with Crippen molar-refractivity contribution in [3.8, 4) is 11.1 Å². The molecule has 1 amide bonds. The van der Waals surface area contributed by atoms with Gasteiger partial charge in [-0.1, -0.05) is 91.0 Å². The summed E-state index contributed by atoms with van der Waals surface area (Å²) in [6.07, 6.45) is 1.99. The number of aromatic carboxylic acids is 1. The molecule has 1 N–H and O–H groups in total. The number of benzene rings is 4. The molecule has 0 bridgehead atoms. The molecule has 4 aromatic rings. The van der Waals surface area contributed by atoms with Crippen LogP contribution < -0.4 is 0 Å². The Kier molecular flexibility index (Phi) is 8.08. The first-order valence-electron chi connectivity index (χ1n) is 11.9. The molecule has 4 nitrogen and oxygen atoms in total. The smallest absolute Gasteiger partial charge is 0.335 e. The Morgan fingerprint density at radius 2 is 1.23 bits per heavy atom. The second kappa shape index (κ2) is 11.8. The third-order valence-electron chi connectivity index (χ3n) is 6.10. The minimum atomic E-state index is -0.937. The summed E-state index contributed by atoms with van der Waals surface area (Å²) in [5.41, 5.74) is 5.63. The first-order valence-corrected chi connectivity index (χ1v) is 11.9. The van der Waals surface area contributed by atoms with Crippen molar-refractivity contribution < 1.29 is 14.7 Å². The van der Waals surface area contributed by atoms with Gasteiger partial charge in [0.05, 0.1) is 5.56 Å². The normalized spacial score (nSPS) is 10.6. The van der Waals surface area contributed by atoms with Gasteiger partial charge in [-0.2, -0.15) is 0 Å². The molecule has 4 rings (SSSR count). The number of carboxylic acid groups (broad SMARTS) is 1. The lowest BCUT2D eigenvalue weighted by molar-refractivity contribution is -0.131. The van der Waals surface area contributed by atoms with Gasteiger partial charge in [0, 0.05) is 19.5 Å². The molecule has 176 valence electrons. The summed E-state index contributed by atoms with van der Waals surface area (Å²) >= 11 is 0. The molecule has 0 saturated heterocycles. The third-order valence-corrected chi connectivity index (χ3v) is 6.10. The SMILES string of the molecule is O=C(O)c1ccc(-c2cccc(CN(CCc3ccccc3)C(=O)CCc3ccccc3)c2)cc1. The van der Waals surface area contributed by atoms with Crippen LogP contribution >= 0.6 is 0 Å². The number of carbonyl (C=O) groups excluding carboxylic acids is 1. The zero-order chi connectivity index (χ0) is 24.5. The summed E-state index contributed by atoms with van der Waals surface area (Å²) in [5.74, 6) is -0.797. The van der Waals surface area contributed by atoms with Gasteiger partial charge >= 0.3 is 5.97 Å². The summed E-state index contributed by atoms with van der Waals surface area (Å²) < 4.78 is 0. The fourth-order valence-corrected chi connectivity index (χ4v) is 4.13. The van der Waals surface area contributed by atoms with Crippen LogP contribution in [0.15, 0.2) is 109 Å². The van der Waals surface area contributed by atoms with Gasteiger partial charge in [-0.15, -0.1) is 0 Å². The van der Waals surface area contributed by atoms with Crippen LogP contribution in [-0.2, 0) is 24.2 Å². The molecule has 4 heteroatoms. The maximum Gasteiger partial charge on any atom is 0.335 e. The van der Waals surface area contributed by atoms with Crippen LogP contribution in [0.25, 0.3) is 11.1 Å². The van der Waals surface area contributed by atoms with E-state index in [0.717, 1.165) is 35.1 Å². The summed E-state index contributed by atoms with van der Waals surface area (Å²) in [6.45, 7) is 1.18. The van der Waals surface area contributed by atoms with Gasteiger partial charge < -0.3 is 10.0 Å². The summed E-state index contributed by atoms with van der Waals surface area (Å²) in [5, 5.41) is 9.15. The maximum absolute atomic E-state index is 13.3. The molecular formula is C31H29NO3. The molecule has 0 unspecified atom stereocenters. The molecule has 0 aromatic heterocycles. The van der Waals surface area contributed by atoms with Gasteiger partial charge in [0.2, 0.25) is 5.91 Å². The maximum atomic E-state index is 13.3. The van der Waals surface area contributed by atoms with E-state index in [4.69, 9.17) is 5.11 Å². The van der Waals surface area contributed by atoms with E-state index in [0.29, 0.717) is 19.5 Å². The second-order valence-corrected chi connectivity index (χ2v) is 8.62. The van der Waals surface area contributed by atoms with E-state index in [2.05, 4.69) is 30.3 Å². The lowest BCUT2D eigenvalue weighted by atomic mass is 10.0. The van der Waals surface area contributed by atoms with Crippen molar-refractivity contribution in [1.82, 2.24) is 4.90 Å². The van der Waals surface area contributed by atoms with Crippen LogP contribution in [0, 0.1) is 0 Å². The minimum Gasteiger partial charge on any atom is -0.478 e. The van der Waals surface area contributed by atoms with Crippen molar-refractivity contribution in [2.75, 3.05) is 6.54 Å². The third kappa shape index (κ3) is 6.90. The number of amides is 1. The highest BCUT2D eigenvalue weighted by Crippen LogP contribution is 2.22. The number of hydrogen-bond donors (Lipinski definition) is 1. The highest BCUT2D eigenvalue weighted by Gasteiger charge is 2.15. The molecule has 0 spiro atoms. The lowest BCUT2D eigenvalue weighted by Gasteiger charge is -2.23. The van der Waals surface area contributed by atoms with Gasteiger partial charge in [-0.3, -0.25) is 4.79 Å². The zero-order valence-electron chi connectivity index (χ0n) is 19.6. The Labute approximate surface area is 206 Å². The van der Waals surface area contributed by atoms with E-state index in [1.165, 1.54) is 5.56 Å². The van der Waals surface area contributed by atoms with E-state index in [9.17, 15) is 9.59 Å². The Bertz CT molecular complexity index is 1250. The summed E-state index contributed by atoms with van der Waals surface area (Å²) in [4.78, 5) is 26.4. The average Bonchev–Trinajstić information content (AvgIpc) is 2.91. The molecule has 0 heterocycles. The van der Waals surface area contributed by atoms with Crippen LogP contribution in [0.2, 0.25) is 0 Å². The van der Waals surface area contributed by atoms with Crippen molar-refractivity contribution >= 4 is 11.9 Å². The first kappa shape index (κ1) is 24.0. The summed E-state index contributed by atoms with van der Waals surface area (Å²) in [6, 6.07) is 35.3. The van der Waals surface area contributed by atoms with E-state index in [-0.39, 0.29) is 11.5 Å². The van der Waals surface area contributed by atoms with Crippen molar-refractivity contribution in [3.05, 3.63) is 131 Å². The van der Waals surface area contributed by atoms with Gasteiger partial charge in [-0.05, 0) is 58.9 Å². The fourth-order valence-electron chi connectivity index (χ4n) is 4.13. The number of carboxylic acids is 1. The quantitative estimate of drug-likeness (QED) is 0.302. The Morgan fingerprint density at radius 1 is 0.629 bits per heavy atom. The molecule has 35 heavy (non-hydrogen) atoms. The van der Waals surface area contributed by atoms with Crippen LogP contribution in [0.4, 0.5) is 0 Å². The van der Waals surface area contributed by atoms with Crippen LogP contribution in [0.3, 0.4) is 0 Å². The van der Waals surface area contributed by atoms with Crippen LogP contribution in [0.5, 0.6) is 0 Å². The van der Waals surface area contributed by atoms with Crippen LogP contribution in [0.1, 0.15) is 33.5 Å². The molecule has 0 aliphatic carbocycles. The van der Waals surface area contributed by atoms with Crippen molar-refractivity contribution in [1.29, 1.82) is 0 Å². The van der Waals surface area contributed by atoms with Gasteiger partial charge in [0.1, 0.15) is 0 Å². The summed E-state index contributed by atoms with van der Waals surface area (Å²) in [7, 11) is 0. The van der Waals surface area contributed by atoms with E-state index in [1.807, 2.05) is 71.6 Å². The monoisotopic (exact) mass is 463 g/mol. The number of rotatable bonds is 10. The molecule has 0 aliphatic heterocycles.